The van der Waals surface area contributed by atoms with Crippen LogP contribution in [0.1, 0.15) is 36.8 Å². The van der Waals surface area contributed by atoms with E-state index in [9.17, 15) is 13.2 Å². The molecule has 6 nitrogen and oxygen atoms in total. The van der Waals surface area contributed by atoms with Crippen LogP contribution in [0, 0.1) is 0 Å². The number of carbonyl (C=O) groups excluding carboxylic acids is 1. The standard InChI is InChI=1S/C19H29N3O3S.2ClH/c1-26(24,25)19(8-10-20-11-9-19)18(23)21-14-16-4-6-17(7-5-16)15-22-12-2-3-13-22;;/h4-7,20H,2-3,8-15H2,1H3,(H,21,23);2*1H. The minimum Gasteiger partial charge on any atom is -0.351 e. The lowest BCUT2D eigenvalue weighted by atomic mass is 9.95. The van der Waals surface area contributed by atoms with E-state index in [1.807, 2.05) is 12.1 Å². The first-order valence-electron chi connectivity index (χ1n) is 9.39. The number of carbonyl (C=O) groups is 1. The van der Waals surface area contributed by atoms with Gasteiger partial charge in [-0.05, 0) is 63.0 Å². The molecule has 28 heavy (non-hydrogen) atoms. The summed E-state index contributed by atoms with van der Waals surface area (Å²) in [7, 11) is -3.47. The normalized spacial score (nSPS) is 19.3. The van der Waals surface area contributed by atoms with Gasteiger partial charge in [0.15, 0.2) is 14.6 Å². The maximum Gasteiger partial charge on any atom is 0.241 e. The second-order valence-corrected chi connectivity index (χ2v) is 9.82. The number of halogens is 2. The molecule has 2 N–H and O–H groups in total. The Balaban J connectivity index is 0.00000196. The Morgan fingerprint density at radius 3 is 2.14 bits per heavy atom. The van der Waals surface area contributed by atoms with Gasteiger partial charge in [0, 0.05) is 19.3 Å². The van der Waals surface area contributed by atoms with Crippen molar-refractivity contribution in [2.75, 3.05) is 32.4 Å². The van der Waals surface area contributed by atoms with E-state index < -0.39 is 14.6 Å². The van der Waals surface area contributed by atoms with Crippen LogP contribution in [0.2, 0.25) is 0 Å². The molecule has 1 amide bonds. The molecule has 0 unspecified atom stereocenters. The molecule has 1 aromatic carbocycles. The molecule has 0 atom stereocenters. The van der Waals surface area contributed by atoms with Gasteiger partial charge in [-0.25, -0.2) is 8.42 Å². The topological polar surface area (TPSA) is 78.5 Å². The fourth-order valence-electron chi connectivity index (χ4n) is 3.90. The summed E-state index contributed by atoms with van der Waals surface area (Å²) in [6, 6.07) is 8.22. The zero-order valence-electron chi connectivity index (χ0n) is 16.3. The zero-order valence-corrected chi connectivity index (χ0v) is 18.7. The monoisotopic (exact) mass is 451 g/mol. The van der Waals surface area contributed by atoms with Crippen molar-refractivity contribution >= 4 is 40.6 Å². The van der Waals surface area contributed by atoms with Crippen molar-refractivity contribution in [3.63, 3.8) is 0 Å². The first-order valence-corrected chi connectivity index (χ1v) is 11.3. The fraction of sp³-hybridized carbons (Fsp3) is 0.632. The molecule has 0 bridgehead atoms. The number of amides is 1. The average molecular weight is 452 g/mol. The van der Waals surface area contributed by atoms with Crippen LogP contribution in [0.3, 0.4) is 0 Å². The predicted octanol–water partition coefficient (Wildman–Crippen LogP) is 1.91. The van der Waals surface area contributed by atoms with Crippen LogP contribution in [-0.2, 0) is 27.7 Å². The van der Waals surface area contributed by atoms with Crippen molar-refractivity contribution in [1.29, 1.82) is 0 Å². The number of hydrogen-bond donors (Lipinski definition) is 2. The first-order chi connectivity index (χ1) is 12.4. The molecule has 0 aliphatic carbocycles. The summed E-state index contributed by atoms with van der Waals surface area (Å²) >= 11 is 0. The van der Waals surface area contributed by atoms with Crippen molar-refractivity contribution < 1.29 is 13.2 Å². The second-order valence-electron chi connectivity index (χ2n) is 7.50. The van der Waals surface area contributed by atoms with E-state index in [0.29, 0.717) is 32.5 Å². The van der Waals surface area contributed by atoms with Gasteiger partial charge < -0.3 is 10.6 Å². The quantitative estimate of drug-likeness (QED) is 0.690. The molecule has 2 saturated heterocycles. The maximum atomic E-state index is 12.7. The van der Waals surface area contributed by atoms with E-state index in [-0.39, 0.29) is 30.7 Å². The zero-order chi connectivity index (χ0) is 18.6. The molecule has 0 spiro atoms. The summed E-state index contributed by atoms with van der Waals surface area (Å²) in [6.07, 6.45) is 4.38. The molecule has 0 radical (unpaired) electrons. The van der Waals surface area contributed by atoms with Gasteiger partial charge in [0.2, 0.25) is 5.91 Å². The number of piperidine rings is 1. The SMILES string of the molecule is CS(=O)(=O)C1(C(=O)NCc2ccc(CN3CCCC3)cc2)CCNCC1.Cl.Cl. The van der Waals surface area contributed by atoms with E-state index in [0.717, 1.165) is 12.1 Å². The van der Waals surface area contributed by atoms with Crippen LogP contribution >= 0.6 is 24.8 Å². The summed E-state index contributed by atoms with van der Waals surface area (Å²) in [4.78, 5) is 15.2. The lowest BCUT2D eigenvalue weighted by molar-refractivity contribution is -0.124. The minimum absolute atomic E-state index is 0. The van der Waals surface area contributed by atoms with Crippen molar-refractivity contribution in [2.45, 2.75) is 43.5 Å². The van der Waals surface area contributed by atoms with Crippen molar-refractivity contribution in [2.24, 2.45) is 0 Å². The third kappa shape index (κ3) is 5.83. The number of hydrogen-bond acceptors (Lipinski definition) is 5. The third-order valence-electron chi connectivity index (χ3n) is 5.62. The predicted molar refractivity (Wildman–Crippen MR) is 117 cm³/mol. The summed E-state index contributed by atoms with van der Waals surface area (Å²) in [5.74, 6) is -0.373. The van der Waals surface area contributed by atoms with E-state index in [1.54, 1.807) is 0 Å². The second kappa shape index (κ2) is 10.8. The van der Waals surface area contributed by atoms with E-state index in [4.69, 9.17) is 0 Å². The number of nitrogens with zero attached hydrogens (tertiary/aromatic N) is 1. The lowest BCUT2D eigenvalue weighted by Crippen LogP contribution is -2.57. The van der Waals surface area contributed by atoms with Crippen molar-refractivity contribution in [3.8, 4) is 0 Å². The molecule has 2 aliphatic heterocycles. The molecular formula is C19H31Cl2N3O3S. The van der Waals surface area contributed by atoms with Crippen LogP contribution in [0.5, 0.6) is 0 Å². The number of rotatable bonds is 6. The van der Waals surface area contributed by atoms with Gasteiger partial charge in [0.25, 0.3) is 0 Å². The van der Waals surface area contributed by atoms with Crippen molar-refractivity contribution in [3.05, 3.63) is 35.4 Å². The van der Waals surface area contributed by atoms with E-state index >= 15 is 0 Å². The smallest absolute Gasteiger partial charge is 0.241 e. The Bertz CT molecular complexity index is 729. The molecular weight excluding hydrogens is 421 g/mol. The Hall–Kier alpha value is -0.860. The molecule has 2 heterocycles. The summed E-state index contributed by atoms with van der Waals surface area (Å²) in [6.45, 7) is 4.75. The Morgan fingerprint density at radius 2 is 1.61 bits per heavy atom. The van der Waals surface area contributed by atoms with Gasteiger partial charge in [0.1, 0.15) is 0 Å². The first kappa shape index (κ1) is 25.2. The third-order valence-corrected chi connectivity index (χ3v) is 7.63. The van der Waals surface area contributed by atoms with Gasteiger partial charge in [-0.1, -0.05) is 24.3 Å². The molecule has 0 saturated carbocycles. The molecule has 9 heteroatoms. The van der Waals surface area contributed by atoms with Crippen LogP contribution in [0.25, 0.3) is 0 Å². The van der Waals surface area contributed by atoms with Crippen LogP contribution in [0.4, 0.5) is 0 Å². The van der Waals surface area contributed by atoms with Gasteiger partial charge in [-0.3, -0.25) is 9.69 Å². The number of likely N-dealkylation sites (tertiary alicyclic amines) is 1. The van der Waals surface area contributed by atoms with Gasteiger partial charge in [0.05, 0.1) is 0 Å². The van der Waals surface area contributed by atoms with E-state index in [2.05, 4.69) is 27.7 Å². The summed E-state index contributed by atoms with van der Waals surface area (Å²) < 4.78 is 23.3. The number of nitrogens with one attached hydrogen (secondary N) is 2. The maximum absolute atomic E-state index is 12.7. The van der Waals surface area contributed by atoms with Crippen LogP contribution in [0.15, 0.2) is 24.3 Å². The molecule has 2 fully saturated rings. The van der Waals surface area contributed by atoms with Crippen LogP contribution < -0.4 is 10.6 Å². The lowest BCUT2D eigenvalue weighted by Gasteiger charge is -2.34. The fourth-order valence-corrected chi connectivity index (χ4v) is 5.26. The summed E-state index contributed by atoms with van der Waals surface area (Å²) in [5, 5.41) is 5.98. The molecule has 3 rings (SSSR count). The van der Waals surface area contributed by atoms with Crippen molar-refractivity contribution in [1.82, 2.24) is 15.5 Å². The number of sulfone groups is 1. The highest BCUT2D eigenvalue weighted by atomic mass is 35.5. The Morgan fingerprint density at radius 1 is 1.07 bits per heavy atom. The molecule has 160 valence electrons. The molecule has 0 aromatic heterocycles. The van der Waals surface area contributed by atoms with E-state index in [1.165, 1.54) is 37.8 Å². The van der Waals surface area contributed by atoms with Gasteiger partial charge >= 0.3 is 0 Å². The highest BCUT2D eigenvalue weighted by Crippen LogP contribution is 2.28. The van der Waals surface area contributed by atoms with Gasteiger partial charge in [-0.2, -0.15) is 0 Å². The Labute approximate surface area is 180 Å². The largest absolute Gasteiger partial charge is 0.351 e. The van der Waals surface area contributed by atoms with Crippen LogP contribution in [-0.4, -0.2) is 56.4 Å². The average Bonchev–Trinajstić information content (AvgIpc) is 3.13. The molecule has 2 aliphatic rings. The minimum atomic E-state index is -3.47. The summed E-state index contributed by atoms with van der Waals surface area (Å²) in [5.41, 5.74) is 2.26. The highest BCUT2D eigenvalue weighted by molar-refractivity contribution is 7.92. The highest BCUT2D eigenvalue weighted by Gasteiger charge is 2.48. The number of benzene rings is 1. The Kier molecular flexibility index (Phi) is 9.70. The molecule has 1 aromatic rings. The van der Waals surface area contributed by atoms with Gasteiger partial charge in [-0.15, -0.1) is 24.8 Å².